The van der Waals surface area contributed by atoms with Gasteiger partial charge in [0.1, 0.15) is 18.1 Å². The van der Waals surface area contributed by atoms with Gasteiger partial charge in [0.15, 0.2) is 5.75 Å². The number of halogens is 2. The van der Waals surface area contributed by atoms with E-state index in [1.807, 2.05) is 31.2 Å². The summed E-state index contributed by atoms with van der Waals surface area (Å²) in [6, 6.07) is 10.9. The van der Waals surface area contributed by atoms with Crippen molar-refractivity contribution in [1.29, 1.82) is 0 Å². The smallest absolute Gasteiger partial charge is 0.223 e. The lowest BCUT2D eigenvalue weighted by atomic mass is 9.83. The standard InChI is InChI=1S/C26H30Cl2N2O4/c1-16-24(25(31)18-7-5-4-6-8-18)26(30(2)29-16)34-23-14-22(20(27)13-21(23)28)33-15-17-9-11-19(32-3)12-10-17/h9-14,18,25,31H,4-8,15H2,1-3H3. The maximum absolute atomic E-state index is 11.2. The average Bonchev–Trinajstić information content (AvgIpc) is 3.12. The number of ether oxygens (including phenoxy) is 3. The van der Waals surface area contributed by atoms with E-state index in [4.69, 9.17) is 37.4 Å². The topological polar surface area (TPSA) is 65.7 Å². The van der Waals surface area contributed by atoms with Crippen molar-refractivity contribution in [2.45, 2.75) is 51.7 Å². The lowest BCUT2D eigenvalue weighted by Gasteiger charge is -2.27. The van der Waals surface area contributed by atoms with E-state index >= 15 is 0 Å². The summed E-state index contributed by atoms with van der Waals surface area (Å²) in [6.45, 7) is 2.21. The predicted molar refractivity (Wildman–Crippen MR) is 133 cm³/mol. The van der Waals surface area contributed by atoms with Crippen molar-refractivity contribution in [2.75, 3.05) is 7.11 Å². The van der Waals surface area contributed by atoms with Crippen molar-refractivity contribution in [3.63, 3.8) is 0 Å². The lowest BCUT2D eigenvalue weighted by molar-refractivity contribution is 0.0822. The van der Waals surface area contributed by atoms with Gasteiger partial charge in [0.05, 0.1) is 34.5 Å². The number of aromatic nitrogens is 2. The molecule has 182 valence electrons. The minimum Gasteiger partial charge on any atom is -0.497 e. The molecule has 1 saturated carbocycles. The molecular weight excluding hydrogens is 475 g/mol. The first-order chi connectivity index (χ1) is 16.4. The van der Waals surface area contributed by atoms with Crippen LogP contribution >= 0.6 is 23.2 Å². The highest BCUT2D eigenvalue weighted by atomic mass is 35.5. The third kappa shape index (κ3) is 5.45. The summed E-state index contributed by atoms with van der Waals surface area (Å²) in [6.07, 6.45) is 4.85. The van der Waals surface area contributed by atoms with E-state index in [1.165, 1.54) is 6.42 Å². The summed E-state index contributed by atoms with van der Waals surface area (Å²) in [5.74, 6) is 2.28. The first kappa shape index (κ1) is 24.7. The molecule has 1 aliphatic carbocycles. The number of hydrogen-bond acceptors (Lipinski definition) is 5. The molecule has 34 heavy (non-hydrogen) atoms. The molecular formula is C26H30Cl2N2O4. The van der Waals surface area contributed by atoms with Crippen molar-refractivity contribution >= 4 is 23.2 Å². The number of benzene rings is 2. The maximum atomic E-state index is 11.2. The highest BCUT2D eigenvalue weighted by Gasteiger charge is 2.30. The van der Waals surface area contributed by atoms with Crippen molar-refractivity contribution in [2.24, 2.45) is 13.0 Å². The molecule has 0 bridgehead atoms. The summed E-state index contributed by atoms with van der Waals surface area (Å²) in [4.78, 5) is 0. The van der Waals surface area contributed by atoms with Gasteiger partial charge in [0, 0.05) is 13.1 Å². The Morgan fingerprint density at radius 1 is 1.06 bits per heavy atom. The molecule has 4 rings (SSSR count). The minimum atomic E-state index is -0.638. The van der Waals surface area contributed by atoms with E-state index in [-0.39, 0.29) is 5.92 Å². The third-order valence-corrected chi connectivity index (χ3v) is 6.94. The van der Waals surface area contributed by atoms with E-state index in [2.05, 4.69) is 5.10 Å². The second kappa shape index (κ2) is 10.9. The van der Waals surface area contributed by atoms with Crippen LogP contribution in [-0.2, 0) is 13.7 Å². The summed E-state index contributed by atoms with van der Waals surface area (Å²) in [5, 5.41) is 16.4. The first-order valence-corrected chi connectivity index (χ1v) is 12.3. The fourth-order valence-electron chi connectivity index (χ4n) is 4.49. The minimum absolute atomic E-state index is 0.197. The average molecular weight is 505 g/mol. The molecule has 3 aromatic rings. The van der Waals surface area contributed by atoms with Gasteiger partial charge >= 0.3 is 0 Å². The van der Waals surface area contributed by atoms with Gasteiger partial charge in [-0.25, -0.2) is 4.68 Å². The number of hydrogen-bond donors (Lipinski definition) is 1. The first-order valence-electron chi connectivity index (χ1n) is 11.5. The van der Waals surface area contributed by atoms with Crippen LogP contribution in [-0.4, -0.2) is 22.0 Å². The van der Waals surface area contributed by atoms with Gasteiger partial charge in [-0.15, -0.1) is 0 Å². The summed E-state index contributed by atoms with van der Waals surface area (Å²) in [5.41, 5.74) is 2.42. The fraction of sp³-hybridized carbons (Fsp3) is 0.423. The Balaban J connectivity index is 1.56. The number of aryl methyl sites for hydroxylation is 2. The van der Waals surface area contributed by atoms with E-state index < -0.39 is 6.10 Å². The molecule has 1 aromatic heterocycles. The normalized spacial score (nSPS) is 15.2. The van der Waals surface area contributed by atoms with Crippen LogP contribution in [0.2, 0.25) is 10.0 Å². The molecule has 8 heteroatoms. The monoisotopic (exact) mass is 504 g/mol. The van der Waals surface area contributed by atoms with Gasteiger partial charge in [0.2, 0.25) is 5.88 Å². The summed E-state index contributed by atoms with van der Waals surface area (Å²) >= 11 is 12.9. The van der Waals surface area contributed by atoms with E-state index in [0.29, 0.717) is 39.6 Å². The molecule has 2 aromatic carbocycles. The summed E-state index contributed by atoms with van der Waals surface area (Å²) in [7, 11) is 3.42. The van der Waals surface area contributed by atoms with Crippen molar-refractivity contribution < 1.29 is 19.3 Å². The maximum Gasteiger partial charge on any atom is 0.223 e. The molecule has 0 spiro atoms. The van der Waals surface area contributed by atoms with Gasteiger partial charge < -0.3 is 19.3 Å². The van der Waals surface area contributed by atoms with Crippen LogP contribution in [0.3, 0.4) is 0 Å². The highest BCUT2D eigenvalue weighted by molar-refractivity contribution is 6.36. The predicted octanol–water partition coefficient (Wildman–Crippen LogP) is 7.03. The number of nitrogens with zero attached hydrogens (tertiary/aromatic N) is 2. The molecule has 6 nitrogen and oxygen atoms in total. The van der Waals surface area contributed by atoms with Gasteiger partial charge in [-0.3, -0.25) is 0 Å². The van der Waals surface area contributed by atoms with Gasteiger partial charge in [-0.1, -0.05) is 54.6 Å². The van der Waals surface area contributed by atoms with Crippen LogP contribution in [0.5, 0.6) is 23.1 Å². The van der Waals surface area contributed by atoms with Gasteiger partial charge in [-0.05, 0) is 49.4 Å². The molecule has 1 fully saturated rings. The molecule has 1 aliphatic rings. The van der Waals surface area contributed by atoms with Gasteiger partial charge in [0.25, 0.3) is 0 Å². The highest BCUT2D eigenvalue weighted by Crippen LogP contribution is 2.43. The zero-order chi connectivity index (χ0) is 24.2. The van der Waals surface area contributed by atoms with Gasteiger partial charge in [-0.2, -0.15) is 5.10 Å². The third-order valence-electron chi connectivity index (χ3n) is 6.35. The zero-order valence-corrected chi connectivity index (χ0v) is 21.2. The Labute approximate surface area is 210 Å². The molecule has 1 N–H and O–H groups in total. The number of rotatable bonds is 8. The molecule has 1 unspecified atom stereocenters. The Hall–Kier alpha value is -2.41. The van der Waals surface area contributed by atoms with E-state index in [1.54, 1.807) is 31.0 Å². The largest absolute Gasteiger partial charge is 0.497 e. The number of methoxy groups -OCH3 is 1. The van der Waals surface area contributed by atoms with Crippen LogP contribution < -0.4 is 14.2 Å². The zero-order valence-electron chi connectivity index (χ0n) is 19.7. The second-order valence-corrected chi connectivity index (χ2v) is 9.54. The number of aliphatic hydroxyl groups is 1. The second-order valence-electron chi connectivity index (χ2n) is 8.72. The van der Waals surface area contributed by atoms with E-state index in [0.717, 1.165) is 42.7 Å². The molecule has 1 atom stereocenters. The van der Waals surface area contributed by atoms with Crippen molar-refractivity contribution in [1.82, 2.24) is 9.78 Å². The lowest BCUT2D eigenvalue weighted by Crippen LogP contribution is -2.17. The Bertz CT molecular complexity index is 1120. The number of aliphatic hydroxyl groups excluding tert-OH is 1. The van der Waals surface area contributed by atoms with Crippen LogP contribution in [0.25, 0.3) is 0 Å². The Kier molecular flexibility index (Phi) is 7.91. The molecule has 0 aliphatic heterocycles. The van der Waals surface area contributed by atoms with E-state index in [9.17, 15) is 5.11 Å². The molecule has 0 radical (unpaired) electrons. The van der Waals surface area contributed by atoms with Crippen LogP contribution in [0.1, 0.15) is 55.0 Å². The molecule has 0 saturated heterocycles. The fourth-order valence-corrected chi connectivity index (χ4v) is 4.96. The van der Waals surface area contributed by atoms with Crippen LogP contribution in [0.15, 0.2) is 36.4 Å². The van der Waals surface area contributed by atoms with Crippen molar-refractivity contribution in [3.05, 3.63) is 63.3 Å². The Morgan fingerprint density at radius 2 is 1.74 bits per heavy atom. The quantitative estimate of drug-likeness (QED) is 0.356. The SMILES string of the molecule is COc1ccc(COc2cc(Oc3c(C(O)C4CCCCC4)c(C)nn3C)c(Cl)cc2Cl)cc1. The Morgan fingerprint density at radius 3 is 2.41 bits per heavy atom. The summed E-state index contributed by atoms with van der Waals surface area (Å²) < 4.78 is 19.0. The van der Waals surface area contributed by atoms with Crippen LogP contribution in [0.4, 0.5) is 0 Å². The van der Waals surface area contributed by atoms with Crippen molar-refractivity contribution in [3.8, 4) is 23.1 Å². The molecule has 1 heterocycles. The molecule has 0 amide bonds. The van der Waals surface area contributed by atoms with Crippen LogP contribution in [0, 0.1) is 12.8 Å².